The van der Waals surface area contributed by atoms with Gasteiger partial charge < -0.3 is 0 Å². The highest BCUT2D eigenvalue weighted by atomic mass is 32.2. The summed E-state index contributed by atoms with van der Waals surface area (Å²) < 4.78 is 39.7. The standard InChI is InChI=1S/C19H20FN3O3S/c1-3-27(25,26)22-17-9-5-6-14(11-17)18-12-19(23(21-18)13(2)24)15-7-4-8-16(20)10-15/h4-11,19,22H,3,12H2,1-2H3/t19-/m1/s1. The van der Waals surface area contributed by atoms with Gasteiger partial charge in [-0.3, -0.25) is 9.52 Å². The average Bonchev–Trinajstić information content (AvgIpc) is 3.07. The Balaban J connectivity index is 1.91. The number of carbonyl (C=O) groups is 1. The van der Waals surface area contributed by atoms with Crippen molar-refractivity contribution >= 4 is 27.3 Å². The number of carbonyl (C=O) groups excluding carboxylic acids is 1. The number of benzene rings is 2. The lowest BCUT2D eigenvalue weighted by Gasteiger charge is -2.20. The molecule has 1 aliphatic heterocycles. The van der Waals surface area contributed by atoms with Crippen LogP contribution in [0.15, 0.2) is 53.6 Å². The summed E-state index contributed by atoms with van der Waals surface area (Å²) in [5.41, 5.74) is 2.43. The van der Waals surface area contributed by atoms with Gasteiger partial charge in [0, 0.05) is 19.0 Å². The molecule has 1 aliphatic rings. The molecule has 0 saturated carbocycles. The van der Waals surface area contributed by atoms with Gasteiger partial charge in [0.1, 0.15) is 5.82 Å². The number of amides is 1. The lowest BCUT2D eigenvalue weighted by molar-refractivity contribution is -0.130. The van der Waals surface area contributed by atoms with Crippen LogP contribution >= 0.6 is 0 Å². The van der Waals surface area contributed by atoms with E-state index in [4.69, 9.17) is 0 Å². The van der Waals surface area contributed by atoms with Gasteiger partial charge in [0.2, 0.25) is 15.9 Å². The first kappa shape index (κ1) is 19.0. The van der Waals surface area contributed by atoms with Crippen molar-refractivity contribution in [2.45, 2.75) is 26.3 Å². The van der Waals surface area contributed by atoms with E-state index in [0.717, 1.165) is 0 Å². The summed E-state index contributed by atoms with van der Waals surface area (Å²) in [6.07, 6.45) is 0.410. The summed E-state index contributed by atoms with van der Waals surface area (Å²) in [5.74, 6) is -0.652. The van der Waals surface area contributed by atoms with Crippen LogP contribution in [-0.4, -0.2) is 30.8 Å². The van der Waals surface area contributed by atoms with E-state index < -0.39 is 16.1 Å². The third-order valence-corrected chi connectivity index (χ3v) is 5.62. The monoisotopic (exact) mass is 389 g/mol. The number of nitrogens with one attached hydrogen (secondary N) is 1. The summed E-state index contributed by atoms with van der Waals surface area (Å²) in [6.45, 7) is 2.96. The van der Waals surface area contributed by atoms with Gasteiger partial charge in [0.25, 0.3) is 0 Å². The first-order chi connectivity index (χ1) is 12.8. The molecule has 3 rings (SSSR count). The molecule has 1 amide bonds. The Labute approximate surface area is 157 Å². The quantitative estimate of drug-likeness (QED) is 0.852. The summed E-state index contributed by atoms with van der Waals surface area (Å²) in [6, 6.07) is 12.6. The van der Waals surface area contributed by atoms with Gasteiger partial charge in [0.05, 0.1) is 17.5 Å². The van der Waals surface area contributed by atoms with Crippen LogP contribution in [0.25, 0.3) is 0 Å². The van der Waals surface area contributed by atoms with Crippen LogP contribution in [0.5, 0.6) is 0 Å². The number of sulfonamides is 1. The molecule has 0 unspecified atom stereocenters. The molecule has 142 valence electrons. The molecule has 0 aromatic heterocycles. The highest BCUT2D eigenvalue weighted by molar-refractivity contribution is 7.92. The van der Waals surface area contributed by atoms with Crippen molar-refractivity contribution in [1.29, 1.82) is 0 Å². The van der Waals surface area contributed by atoms with Gasteiger partial charge in [0.15, 0.2) is 0 Å². The maximum Gasteiger partial charge on any atom is 0.240 e. The topological polar surface area (TPSA) is 78.8 Å². The molecule has 2 aromatic carbocycles. The fraction of sp³-hybridized carbons (Fsp3) is 0.263. The van der Waals surface area contributed by atoms with E-state index in [2.05, 4.69) is 9.82 Å². The zero-order chi connectivity index (χ0) is 19.6. The first-order valence-electron chi connectivity index (χ1n) is 8.52. The molecule has 0 radical (unpaired) electrons. The molecule has 0 saturated heterocycles. The number of hydrogen-bond donors (Lipinski definition) is 1. The molecule has 0 bridgehead atoms. The maximum atomic E-state index is 13.6. The van der Waals surface area contributed by atoms with Crippen LogP contribution in [0.1, 0.15) is 37.4 Å². The molecular weight excluding hydrogens is 369 g/mol. The summed E-state index contributed by atoms with van der Waals surface area (Å²) in [5, 5.41) is 5.74. The molecule has 1 atom stereocenters. The van der Waals surface area contributed by atoms with Crippen LogP contribution < -0.4 is 4.72 Å². The zero-order valence-electron chi connectivity index (χ0n) is 15.0. The fourth-order valence-corrected chi connectivity index (χ4v) is 3.59. The van der Waals surface area contributed by atoms with Crippen molar-refractivity contribution in [3.05, 3.63) is 65.5 Å². The minimum atomic E-state index is -3.39. The molecule has 2 aromatic rings. The molecule has 0 aliphatic carbocycles. The van der Waals surface area contributed by atoms with Crippen LogP contribution in [0.3, 0.4) is 0 Å². The molecule has 8 heteroatoms. The second-order valence-electron chi connectivity index (χ2n) is 6.27. The predicted molar refractivity (Wildman–Crippen MR) is 102 cm³/mol. The summed E-state index contributed by atoms with van der Waals surface area (Å²) in [7, 11) is -3.39. The minimum Gasteiger partial charge on any atom is -0.284 e. The first-order valence-corrected chi connectivity index (χ1v) is 10.2. The number of anilines is 1. The third-order valence-electron chi connectivity index (χ3n) is 4.32. The Hall–Kier alpha value is -2.74. The smallest absolute Gasteiger partial charge is 0.240 e. The second-order valence-corrected chi connectivity index (χ2v) is 8.28. The van der Waals surface area contributed by atoms with Crippen LogP contribution in [-0.2, 0) is 14.8 Å². The molecule has 27 heavy (non-hydrogen) atoms. The summed E-state index contributed by atoms with van der Waals surface area (Å²) >= 11 is 0. The van der Waals surface area contributed by atoms with Crippen LogP contribution in [0, 0.1) is 5.82 Å². The van der Waals surface area contributed by atoms with E-state index >= 15 is 0 Å². The Morgan fingerprint density at radius 2 is 2.00 bits per heavy atom. The van der Waals surface area contributed by atoms with Gasteiger partial charge >= 0.3 is 0 Å². The number of hydrazone groups is 1. The van der Waals surface area contributed by atoms with Gasteiger partial charge in [-0.05, 0) is 42.3 Å². The lowest BCUT2D eigenvalue weighted by atomic mass is 9.98. The number of rotatable bonds is 5. The molecule has 0 spiro atoms. The van der Waals surface area contributed by atoms with Crippen molar-refractivity contribution in [2.24, 2.45) is 5.10 Å². The van der Waals surface area contributed by atoms with E-state index in [0.29, 0.717) is 28.9 Å². The molecule has 0 fully saturated rings. The predicted octanol–water partition coefficient (Wildman–Crippen LogP) is 3.28. The Morgan fingerprint density at radius 1 is 1.26 bits per heavy atom. The van der Waals surface area contributed by atoms with Crippen molar-refractivity contribution in [3.8, 4) is 0 Å². The Morgan fingerprint density at radius 3 is 2.67 bits per heavy atom. The van der Waals surface area contributed by atoms with Crippen molar-refractivity contribution in [3.63, 3.8) is 0 Å². The highest BCUT2D eigenvalue weighted by Gasteiger charge is 2.31. The maximum absolute atomic E-state index is 13.6. The van der Waals surface area contributed by atoms with E-state index in [1.807, 2.05) is 0 Å². The largest absolute Gasteiger partial charge is 0.284 e. The van der Waals surface area contributed by atoms with Crippen LogP contribution in [0.2, 0.25) is 0 Å². The van der Waals surface area contributed by atoms with Gasteiger partial charge in [-0.2, -0.15) is 5.10 Å². The van der Waals surface area contributed by atoms with Crippen LogP contribution in [0.4, 0.5) is 10.1 Å². The summed E-state index contributed by atoms with van der Waals surface area (Å²) in [4.78, 5) is 12.0. The van der Waals surface area contributed by atoms with Crippen molar-refractivity contribution < 1.29 is 17.6 Å². The molecule has 1 N–H and O–H groups in total. The number of halogens is 1. The van der Waals surface area contributed by atoms with Gasteiger partial charge in [-0.15, -0.1) is 0 Å². The van der Waals surface area contributed by atoms with E-state index in [1.54, 1.807) is 43.3 Å². The highest BCUT2D eigenvalue weighted by Crippen LogP contribution is 2.33. The van der Waals surface area contributed by atoms with E-state index in [9.17, 15) is 17.6 Å². The van der Waals surface area contributed by atoms with Gasteiger partial charge in [-0.1, -0.05) is 24.3 Å². The second kappa shape index (κ2) is 7.48. The Kier molecular flexibility index (Phi) is 5.27. The molecule has 6 nitrogen and oxygen atoms in total. The van der Waals surface area contributed by atoms with Gasteiger partial charge in [-0.25, -0.2) is 17.8 Å². The third kappa shape index (κ3) is 4.33. The average molecular weight is 389 g/mol. The molecule has 1 heterocycles. The normalized spacial score (nSPS) is 16.9. The minimum absolute atomic E-state index is 0.0298. The fourth-order valence-electron chi connectivity index (χ4n) is 2.96. The van der Waals surface area contributed by atoms with E-state index in [1.165, 1.54) is 24.1 Å². The van der Waals surface area contributed by atoms with Crippen molar-refractivity contribution in [1.82, 2.24) is 5.01 Å². The van der Waals surface area contributed by atoms with Crippen molar-refractivity contribution in [2.75, 3.05) is 10.5 Å². The molecular formula is C19H20FN3O3S. The Bertz CT molecular complexity index is 1000. The number of nitrogens with zero attached hydrogens (tertiary/aromatic N) is 2. The number of hydrogen-bond acceptors (Lipinski definition) is 4. The zero-order valence-corrected chi connectivity index (χ0v) is 15.8. The lowest BCUT2D eigenvalue weighted by Crippen LogP contribution is -2.24. The SMILES string of the molecule is CCS(=O)(=O)Nc1cccc(C2=NN(C(C)=O)[C@@H](c3cccc(F)c3)C2)c1. The van der Waals surface area contributed by atoms with E-state index in [-0.39, 0.29) is 17.5 Å².